The van der Waals surface area contributed by atoms with Crippen LogP contribution in [0.5, 0.6) is 0 Å². The van der Waals surface area contributed by atoms with E-state index in [9.17, 15) is 14.0 Å². The van der Waals surface area contributed by atoms with Crippen molar-refractivity contribution in [3.05, 3.63) is 39.4 Å². The number of hydrogen-bond donors (Lipinski definition) is 1. The summed E-state index contributed by atoms with van der Waals surface area (Å²) in [6.07, 6.45) is 0.785. The minimum atomic E-state index is -1.36. The van der Waals surface area contributed by atoms with E-state index in [-0.39, 0.29) is 17.9 Å². The molecule has 1 unspecified atom stereocenters. The number of nitrogens with zero attached hydrogens (tertiary/aromatic N) is 1. The zero-order valence-corrected chi connectivity index (χ0v) is 12.3. The highest BCUT2D eigenvalue weighted by Gasteiger charge is 2.21. The number of rotatable bonds is 5. The molecule has 2 aromatic rings. The Balaban J connectivity index is 1.92. The molecular weight excluding hydrogens is 287 g/mol. The third-order valence-electron chi connectivity index (χ3n) is 3.82. The van der Waals surface area contributed by atoms with Crippen molar-refractivity contribution in [2.75, 3.05) is 0 Å². The number of ketones is 1. The van der Waals surface area contributed by atoms with Gasteiger partial charge in [-0.15, -0.1) is 0 Å². The molecule has 3 rings (SSSR count). The number of aromatic amines is 1. The van der Waals surface area contributed by atoms with E-state index in [1.807, 2.05) is 6.92 Å². The molecule has 0 saturated carbocycles. The number of alkyl halides is 1. The molecule has 0 amide bonds. The van der Waals surface area contributed by atoms with Crippen LogP contribution in [0, 0.1) is 0 Å². The van der Waals surface area contributed by atoms with Crippen molar-refractivity contribution < 1.29 is 13.9 Å². The number of ether oxygens (including phenoxy) is 1. The van der Waals surface area contributed by atoms with Gasteiger partial charge in [-0.1, -0.05) is 13.3 Å². The molecule has 0 saturated heterocycles. The highest BCUT2D eigenvalue weighted by Crippen LogP contribution is 2.25. The van der Waals surface area contributed by atoms with E-state index in [0.29, 0.717) is 48.0 Å². The van der Waals surface area contributed by atoms with Gasteiger partial charge in [0.2, 0.25) is 0 Å². The fourth-order valence-electron chi connectivity index (χ4n) is 2.67. The summed E-state index contributed by atoms with van der Waals surface area (Å²) in [6, 6.07) is 3.37. The van der Waals surface area contributed by atoms with Crippen molar-refractivity contribution in [1.82, 2.24) is 9.97 Å². The van der Waals surface area contributed by atoms with Crippen LogP contribution in [0.3, 0.4) is 0 Å². The van der Waals surface area contributed by atoms with Crippen LogP contribution in [0.15, 0.2) is 16.9 Å². The molecule has 6 heteroatoms. The first-order chi connectivity index (χ1) is 10.6. The summed E-state index contributed by atoms with van der Waals surface area (Å²) in [5, 5.41) is 0.378. The molecular formula is C16H17FN2O3. The van der Waals surface area contributed by atoms with Gasteiger partial charge in [0.15, 0.2) is 12.1 Å². The van der Waals surface area contributed by atoms with Crippen molar-refractivity contribution in [3.8, 4) is 0 Å². The van der Waals surface area contributed by atoms with Crippen LogP contribution in [-0.4, -0.2) is 22.1 Å². The number of halogens is 1. The van der Waals surface area contributed by atoms with Gasteiger partial charge in [-0.3, -0.25) is 9.59 Å². The molecule has 116 valence electrons. The molecule has 0 radical (unpaired) electrons. The van der Waals surface area contributed by atoms with Gasteiger partial charge in [-0.2, -0.15) is 0 Å². The number of fused-ring (bicyclic) bond motifs is 2. The molecule has 0 fully saturated rings. The molecule has 1 N–H and O–H groups in total. The summed E-state index contributed by atoms with van der Waals surface area (Å²) in [7, 11) is 0. The number of hydrogen-bond acceptors (Lipinski definition) is 4. The number of benzene rings is 1. The summed E-state index contributed by atoms with van der Waals surface area (Å²) < 4.78 is 18.4. The van der Waals surface area contributed by atoms with Gasteiger partial charge in [0.05, 0.1) is 10.9 Å². The Bertz CT molecular complexity index is 785. The van der Waals surface area contributed by atoms with E-state index in [1.54, 1.807) is 12.1 Å². The molecule has 0 aliphatic heterocycles. The Morgan fingerprint density at radius 1 is 1.36 bits per heavy atom. The van der Waals surface area contributed by atoms with Crippen LogP contribution in [0.4, 0.5) is 4.39 Å². The fourth-order valence-corrected chi connectivity index (χ4v) is 2.67. The van der Waals surface area contributed by atoms with Gasteiger partial charge in [0.25, 0.3) is 5.56 Å². The zero-order chi connectivity index (χ0) is 15.7. The predicted molar refractivity (Wildman–Crippen MR) is 79.6 cm³/mol. The standard InChI is InChI=1S/C16H17FN2O3/c1-2-3-14(17)22-8-15-18-12-6-9-4-5-13(20)10(9)7-11(12)16(21)19-15/h6-7,14H,2-5,8H2,1H3,(H,18,19,21). The minimum absolute atomic E-state index is 0.0588. The van der Waals surface area contributed by atoms with Crippen molar-refractivity contribution in [2.24, 2.45) is 0 Å². The molecule has 22 heavy (non-hydrogen) atoms. The van der Waals surface area contributed by atoms with Gasteiger partial charge < -0.3 is 9.72 Å². The summed E-state index contributed by atoms with van der Waals surface area (Å²) in [5.74, 6) is 0.351. The van der Waals surface area contributed by atoms with Crippen molar-refractivity contribution in [1.29, 1.82) is 0 Å². The minimum Gasteiger partial charge on any atom is -0.340 e. The second-order valence-electron chi connectivity index (χ2n) is 5.47. The van der Waals surface area contributed by atoms with Gasteiger partial charge in [0, 0.05) is 18.4 Å². The smallest absolute Gasteiger partial charge is 0.258 e. The maximum absolute atomic E-state index is 13.3. The lowest BCUT2D eigenvalue weighted by molar-refractivity contribution is -0.0561. The second-order valence-corrected chi connectivity index (χ2v) is 5.47. The normalized spacial score (nSPS) is 15.3. The lowest BCUT2D eigenvalue weighted by Gasteiger charge is -2.09. The van der Waals surface area contributed by atoms with Crippen LogP contribution >= 0.6 is 0 Å². The number of H-pyrrole nitrogens is 1. The van der Waals surface area contributed by atoms with Crippen LogP contribution in [-0.2, 0) is 17.8 Å². The summed E-state index contributed by atoms with van der Waals surface area (Å²) in [6.45, 7) is 1.79. The molecule has 1 aromatic carbocycles. The van der Waals surface area contributed by atoms with Gasteiger partial charge >= 0.3 is 0 Å². The van der Waals surface area contributed by atoms with E-state index < -0.39 is 6.36 Å². The maximum atomic E-state index is 13.3. The summed E-state index contributed by atoms with van der Waals surface area (Å²) >= 11 is 0. The second kappa shape index (κ2) is 5.96. The molecule has 1 aromatic heterocycles. The molecule has 5 nitrogen and oxygen atoms in total. The SMILES string of the molecule is CCCC(F)OCc1nc2cc3c(cc2c(=O)[nH]1)C(=O)CC3. The number of carbonyl (C=O) groups is 1. The number of Topliss-reactive ketones (excluding diaryl/α,β-unsaturated/α-hetero) is 1. The van der Waals surface area contributed by atoms with E-state index in [4.69, 9.17) is 4.74 Å². The largest absolute Gasteiger partial charge is 0.340 e. The molecule has 1 aliphatic rings. The van der Waals surface area contributed by atoms with Crippen LogP contribution in [0.1, 0.15) is 47.9 Å². The predicted octanol–water partition coefficient (Wildman–Crippen LogP) is 2.66. The number of aromatic nitrogens is 2. The van der Waals surface area contributed by atoms with Crippen molar-refractivity contribution in [3.63, 3.8) is 0 Å². The van der Waals surface area contributed by atoms with Gasteiger partial charge in [0.1, 0.15) is 12.4 Å². The Labute approximate surface area is 126 Å². The number of aryl methyl sites for hydroxylation is 1. The van der Waals surface area contributed by atoms with Crippen LogP contribution < -0.4 is 5.56 Å². The highest BCUT2D eigenvalue weighted by molar-refractivity contribution is 6.03. The Kier molecular flexibility index (Phi) is 4.02. The van der Waals surface area contributed by atoms with E-state index in [0.717, 1.165) is 5.56 Å². The Hall–Kier alpha value is -2.08. The van der Waals surface area contributed by atoms with Gasteiger partial charge in [-0.25, -0.2) is 9.37 Å². The van der Waals surface area contributed by atoms with E-state index in [1.165, 1.54) is 0 Å². The van der Waals surface area contributed by atoms with Crippen LogP contribution in [0.25, 0.3) is 10.9 Å². The average Bonchev–Trinajstić information content (AvgIpc) is 2.85. The lowest BCUT2D eigenvalue weighted by Crippen LogP contribution is -2.15. The fraction of sp³-hybridized carbons (Fsp3) is 0.438. The first-order valence-electron chi connectivity index (χ1n) is 7.43. The summed E-state index contributed by atoms with van der Waals surface area (Å²) in [4.78, 5) is 30.7. The third-order valence-corrected chi connectivity index (χ3v) is 3.82. The van der Waals surface area contributed by atoms with Crippen molar-refractivity contribution in [2.45, 2.75) is 45.6 Å². The van der Waals surface area contributed by atoms with Crippen molar-refractivity contribution >= 4 is 16.7 Å². The summed E-state index contributed by atoms with van der Waals surface area (Å²) in [5.41, 5.74) is 1.70. The molecule has 1 heterocycles. The number of nitrogens with one attached hydrogen (secondary N) is 1. The van der Waals surface area contributed by atoms with E-state index in [2.05, 4.69) is 9.97 Å². The van der Waals surface area contributed by atoms with Gasteiger partial charge in [-0.05, 0) is 24.1 Å². The first-order valence-corrected chi connectivity index (χ1v) is 7.43. The molecule has 0 spiro atoms. The first kappa shape index (κ1) is 14.8. The zero-order valence-electron chi connectivity index (χ0n) is 12.3. The Morgan fingerprint density at radius 3 is 2.95 bits per heavy atom. The monoisotopic (exact) mass is 304 g/mol. The third kappa shape index (κ3) is 2.78. The van der Waals surface area contributed by atoms with Crippen LogP contribution in [0.2, 0.25) is 0 Å². The Morgan fingerprint density at radius 2 is 2.18 bits per heavy atom. The maximum Gasteiger partial charge on any atom is 0.258 e. The van der Waals surface area contributed by atoms with E-state index >= 15 is 0 Å². The molecule has 1 atom stereocenters. The highest BCUT2D eigenvalue weighted by atomic mass is 19.1. The lowest BCUT2D eigenvalue weighted by atomic mass is 10.1. The molecule has 1 aliphatic carbocycles. The average molecular weight is 304 g/mol. The number of carbonyl (C=O) groups excluding carboxylic acids is 1. The molecule has 0 bridgehead atoms. The topological polar surface area (TPSA) is 72.0 Å². The quantitative estimate of drug-likeness (QED) is 0.921.